The van der Waals surface area contributed by atoms with Crippen LogP contribution in [0.25, 0.3) is 0 Å². The predicted octanol–water partition coefficient (Wildman–Crippen LogP) is 3.25. The standard InChI is InChI=1S/C22H34N2O4S/c1-18-10-12-21(13-11-18)29(26,27)24-15-5-7-19(17-24)22(25)23-14-6-16-28-20-8-3-2-4-9-20/h10-13,19-20H,2-9,14-17H2,1H3,(H,23,25)/t19-/m1/s1. The van der Waals surface area contributed by atoms with Crippen LogP contribution in [0, 0.1) is 12.8 Å². The molecule has 1 heterocycles. The first-order valence-electron chi connectivity index (χ1n) is 10.9. The summed E-state index contributed by atoms with van der Waals surface area (Å²) in [5, 5.41) is 2.97. The van der Waals surface area contributed by atoms with E-state index in [1.54, 1.807) is 24.3 Å². The van der Waals surface area contributed by atoms with Crippen LogP contribution >= 0.6 is 0 Å². The zero-order valence-electron chi connectivity index (χ0n) is 17.4. The largest absolute Gasteiger partial charge is 0.378 e. The molecule has 1 N–H and O–H groups in total. The summed E-state index contributed by atoms with van der Waals surface area (Å²) < 4.78 is 33.1. The molecule has 1 aliphatic carbocycles. The van der Waals surface area contributed by atoms with E-state index in [0.29, 0.717) is 37.1 Å². The van der Waals surface area contributed by atoms with Crippen LogP contribution in [0.1, 0.15) is 56.9 Å². The molecule has 2 fully saturated rings. The van der Waals surface area contributed by atoms with Crippen molar-refractivity contribution in [2.45, 2.75) is 69.3 Å². The zero-order valence-corrected chi connectivity index (χ0v) is 18.3. The molecule has 1 saturated heterocycles. The quantitative estimate of drug-likeness (QED) is 0.653. The summed E-state index contributed by atoms with van der Waals surface area (Å²) in [6, 6.07) is 6.88. The average molecular weight is 423 g/mol. The van der Waals surface area contributed by atoms with Crippen LogP contribution in [0.5, 0.6) is 0 Å². The van der Waals surface area contributed by atoms with E-state index < -0.39 is 10.0 Å². The number of nitrogens with zero attached hydrogens (tertiary/aromatic N) is 1. The van der Waals surface area contributed by atoms with Crippen LogP contribution in [0.4, 0.5) is 0 Å². The van der Waals surface area contributed by atoms with Crippen LogP contribution < -0.4 is 5.32 Å². The molecule has 0 bridgehead atoms. The Labute approximate surface area is 175 Å². The van der Waals surface area contributed by atoms with Gasteiger partial charge in [-0.3, -0.25) is 4.79 Å². The fourth-order valence-electron chi connectivity index (χ4n) is 4.14. The minimum absolute atomic E-state index is 0.0496. The Hall–Kier alpha value is -1.44. The van der Waals surface area contributed by atoms with Gasteiger partial charge in [0.2, 0.25) is 15.9 Å². The number of hydrogen-bond acceptors (Lipinski definition) is 4. The normalized spacial score (nSPS) is 21.8. The predicted molar refractivity (Wildman–Crippen MR) is 113 cm³/mol. The number of carbonyl (C=O) groups excluding carboxylic acids is 1. The van der Waals surface area contributed by atoms with Gasteiger partial charge in [0, 0.05) is 26.2 Å². The Kier molecular flexibility index (Phi) is 8.09. The highest BCUT2D eigenvalue weighted by Gasteiger charge is 2.33. The van der Waals surface area contributed by atoms with Gasteiger partial charge in [0.1, 0.15) is 0 Å². The number of benzene rings is 1. The first-order chi connectivity index (χ1) is 14.0. The van der Waals surface area contributed by atoms with Crippen LogP contribution in [0.3, 0.4) is 0 Å². The van der Waals surface area contributed by atoms with Crippen LogP contribution in [0.2, 0.25) is 0 Å². The van der Waals surface area contributed by atoms with Crippen molar-refractivity contribution in [2.24, 2.45) is 5.92 Å². The lowest BCUT2D eigenvalue weighted by Crippen LogP contribution is -2.45. The summed E-state index contributed by atoms with van der Waals surface area (Å²) in [6.07, 6.45) is 8.74. The summed E-state index contributed by atoms with van der Waals surface area (Å²) in [5.41, 5.74) is 1.02. The van der Waals surface area contributed by atoms with Crippen molar-refractivity contribution >= 4 is 15.9 Å². The van der Waals surface area contributed by atoms with E-state index >= 15 is 0 Å². The molecular formula is C22H34N2O4S. The van der Waals surface area contributed by atoms with Gasteiger partial charge < -0.3 is 10.1 Å². The van der Waals surface area contributed by atoms with Gasteiger partial charge in [-0.2, -0.15) is 4.31 Å². The maximum atomic E-state index is 12.9. The Morgan fingerprint density at radius 2 is 1.83 bits per heavy atom. The van der Waals surface area contributed by atoms with E-state index in [1.807, 2.05) is 6.92 Å². The minimum Gasteiger partial charge on any atom is -0.378 e. The summed E-state index contributed by atoms with van der Waals surface area (Å²) >= 11 is 0. The SMILES string of the molecule is Cc1ccc(S(=O)(=O)N2CCC[C@@H](C(=O)NCCCOC3CCCCC3)C2)cc1. The van der Waals surface area contributed by atoms with Crippen molar-refractivity contribution in [1.29, 1.82) is 0 Å². The number of carbonyl (C=O) groups is 1. The lowest BCUT2D eigenvalue weighted by molar-refractivity contribution is -0.126. The summed E-state index contributed by atoms with van der Waals surface area (Å²) in [7, 11) is -3.55. The summed E-state index contributed by atoms with van der Waals surface area (Å²) in [6.45, 7) is 3.89. The van der Waals surface area contributed by atoms with E-state index in [2.05, 4.69) is 5.32 Å². The lowest BCUT2D eigenvalue weighted by atomic mass is 9.98. The van der Waals surface area contributed by atoms with Gasteiger partial charge in [-0.1, -0.05) is 37.0 Å². The number of amides is 1. The molecular weight excluding hydrogens is 388 g/mol. The zero-order chi connectivity index (χ0) is 20.7. The van der Waals surface area contributed by atoms with Gasteiger partial charge in [-0.15, -0.1) is 0 Å². The van der Waals surface area contributed by atoms with Crippen LogP contribution in [-0.2, 0) is 19.6 Å². The van der Waals surface area contributed by atoms with Crippen molar-refractivity contribution in [2.75, 3.05) is 26.2 Å². The minimum atomic E-state index is -3.55. The van der Waals surface area contributed by atoms with Gasteiger partial charge >= 0.3 is 0 Å². The second kappa shape index (κ2) is 10.5. The van der Waals surface area contributed by atoms with E-state index in [4.69, 9.17) is 4.74 Å². The molecule has 0 spiro atoms. The number of sulfonamides is 1. The number of piperidine rings is 1. The number of hydrogen-bond donors (Lipinski definition) is 1. The Morgan fingerprint density at radius 3 is 2.55 bits per heavy atom. The third-order valence-electron chi connectivity index (χ3n) is 5.94. The highest BCUT2D eigenvalue weighted by Crippen LogP contribution is 2.24. The number of ether oxygens (including phenoxy) is 1. The molecule has 1 aliphatic heterocycles. The molecule has 1 saturated carbocycles. The van der Waals surface area contributed by atoms with Gasteiger partial charge in [0.25, 0.3) is 0 Å². The molecule has 1 atom stereocenters. The summed E-state index contributed by atoms with van der Waals surface area (Å²) in [4.78, 5) is 12.8. The molecule has 0 unspecified atom stereocenters. The van der Waals surface area contributed by atoms with E-state index in [0.717, 1.165) is 31.2 Å². The molecule has 1 amide bonds. The Balaban J connectivity index is 1.43. The molecule has 3 rings (SSSR count). The molecule has 7 heteroatoms. The van der Waals surface area contributed by atoms with Gasteiger partial charge in [-0.05, 0) is 51.2 Å². The first-order valence-corrected chi connectivity index (χ1v) is 12.4. The van der Waals surface area contributed by atoms with Crippen molar-refractivity contribution in [3.05, 3.63) is 29.8 Å². The van der Waals surface area contributed by atoms with E-state index in [9.17, 15) is 13.2 Å². The number of nitrogens with one attached hydrogen (secondary N) is 1. The number of rotatable bonds is 8. The lowest BCUT2D eigenvalue weighted by Gasteiger charge is -2.31. The second-order valence-electron chi connectivity index (χ2n) is 8.29. The third kappa shape index (κ3) is 6.27. The first kappa shape index (κ1) is 22.2. The molecule has 162 valence electrons. The van der Waals surface area contributed by atoms with Crippen LogP contribution in [0.15, 0.2) is 29.2 Å². The smallest absolute Gasteiger partial charge is 0.243 e. The fourth-order valence-corrected chi connectivity index (χ4v) is 5.67. The van der Waals surface area contributed by atoms with Gasteiger partial charge in [0.05, 0.1) is 16.9 Å². The fraction of sp³-hybridized carbons (Fsp3) is 0.682. The van der Waals surface area contributed by atoms with Crippen LogP contribution in [-0.4, -0.2) is 51.0 Å². The van der Waals surface area contributed by atoms with Crippen molar-refractivity contribution in [3.8, 4) is 0 Å². The average Bonchev–Trinajstić information content (AvgIpc) is 2.74. The third-order valence-corrected chi connectivity index (χ3v) is 7.82. The maximum absolute atomic E-state index is 12.9. The molecule has 6 nitrogen and oxygen atoms in total. The highest BCUT2D eigenvalue weighted by molar-refractivity contribution is 7.89. The van der Waals surface area contributed by atoms with Crippen molar-refractivity contribution in [1.82, 2.24) is 9.62 Å². The Morgan fingerprint density at radius 1 is 1.10 bits per heavy atom. The molecule has 29 heavy (non-hydrogen) atoms. The Bertz CT molecular complexity index is 758. The molecule has 0 aromatic heterocycles. The van der Waals surface area contributed by atoms with Gasteiger partial charge in [0.15, 0.2) is 0 Å². The molecule has 0 radical (unpaired) electrons. The molecule has 2 aliphatic rings. The van der Waals surface area contributed by atoms with Gasteiger partial charge in [-0.25, -0.2) is 8.42 Å². The summed E-state index contributed by atoms with van der Waals surface area (Å²) in [5.74, 6) is -0.338. The molecule has 1 aromatic carbocycles. The number of aryl methyl sites for hydroxylation is 1. The monoisotopic (exact) mass is 422 g/mol. The topological polar surface area (TPSA) is 75.7 Å². The van der Waals surface area contributed by atoms with Crippen molar-refractivity contribution < 1.29 is 17.9 Å². The van der Waals surface area contributed by atoms with E-state index in [1.165, 1.54) is 23.6 Å². The molecule has 1 aromatic rings. The second-order valence-corrected chi connectivity index (χ2v) is 10.2. The van der Waals surface area contributed by atoms with E-state index in [-0.39, 0.29) is 18.4 Å². The van der Waals surface area contributed by atoms with Crippen molar-refractivity contribution in [3.63, 3.8) is 0 Å². The maximum Gasteiger partial charge on any atom is 0.243 e. The highest BCUT2D eigenvalue weighted by atomic mass is 32.2.